The van der Waals surface area contributed by atoms with Gasteiger partial charge in [-0.1, -0.05) is 0 Å². The van der Waals surface area contributed by atoms with E-state index in [1.807, 2.05) is 6.92 Å². The maximum absolute atomic E-state index is 12.0. The summed E-state index contributed by atoms with van der Waals surface area (Å²) < 4.78 is 10.6. The molecule has 0 aliphatic heterocycles. The van der Waals surface area contributed by atoms with E-state index < -0.39 is 23.2 Å². The summed E-state index contributed by atoms with van der Waals surface area (Å²) in [6.07, 6.45) is -0.131. The molecule has 0 spiro atoms. The molecule has 0 radical (unpaired) electrons. The molecule has 1 N–H and O–H groups in total. The molecule has 1 rings (SSSR count). The molecule has 1 aliphatic carbocycles. The summed E-state index contributed by atoms with van der Waals surface area (Å²) in [5.74, 6) is -1.02. The lowest BCUT2D eigenvalue weighted by Gasteiger charge is -2.48. The van der Waals surface area contributed by atoms with Crippen LogP contribution < -0.4 is 0 Å². The normalized spacial score (nSPS) is 26.5. The third kappa shape index (κ3) is 3.37. The molecular weight excluding hydrogens is 250 g/mol. The number of amides is 1. The Balaban J connectivity index is 2.74. The van der Waals surface area contributed by atoms with Crippen molar-refractivity contribution in [2.24, 2.45) is 0 Å². The van der Waals surface area contributed by atoms with Gasteiger partial charge in [0.05, 0.1) is 6.10 Å². The third-order valence-electron chi connectivity index (χ3n) is 3.24. The number of carbonyl (C=O) groups excluding carboxylic acids is 1. The number of nitrogens with zero attached hydrogens (tertiary/aromatic N) is 1. The summed E-state index contributed by atoms with van der Waals surface area (Å²) in [7, 11) is 1.46. The molecule has 0 aromatic heterocycles. The van der Waals surface area contributed by atoms with Crippen LogP contribution in [0.15, 0.2) is 0 Å². The number of carboxylic acids is 1. The van der Waals surface area contributed by atoms with Crippen molar-refractivity contribution in [2.45, 2.75) is 57.8 Å². The van der Waals surface area contributed by atoms with Gasteiger partial charge < -0.3 is 14.6 Å². The van der Waals surface area contributed by atoms with Gasteiger partial charge in [-0.05, 0) is 27.7 Å². The molecule has 0 aromatic rings. The Morgan fingerprint density at radius 2 is 1.89 bits per heavy atom. The lowest BCUT2D eigenvalue weighted by molar-refractivity contribution is -0.169. The zero-order valence-corrected chi connectivity index (χ0v) is 12.2. The van der Waals surface area contributed by atoms with Crippen LogP contribution in [-0.2, 0) is 14.3 Å². The summed E-state index contributed by atoms with van der Waals surface area (Å²) >= 11 is 0. The van der Waals surface area contributed by atoms with Crippen molar-refractivity contribution in [1.29, 1.82) is 0 Å². The monoisotopic (exact) mass is 273 g/mol. The van der Waals surface area contributed by atoms with Gasteiger partial charge in [0, 0.05) is 26.5 Å². The standard InChI is InChI=1S/C13H23NO5/c1-6-18-9-7-13(8-9,10(15)16)14(5)11(17)19-12(2,3)4/h9H,6-8H2,1-5H3,(H,15,16). The van der Waals surface area contributed by atoms with Gasteiger partial charge in [0.15, 0.2) is 0 Å². The maximum Gasteiger partial charge on any atom is 0.410 e. The molecule has 0 heterocycles. The van der Waals surface area contributed by atoms with E-state index in [2.05, 4.69) is 0 Å². The van der Waals surface area contributed by atoms with E-state index in [0.717, 1.165) is 0 Å². The molecule has 1 amide bonds. The van der Waals surface area contributed by atoms with Crippen LogP contribution in [0.2, 0.25) is 0 Å². The number of carbonyl (C=O) groups is 2. The average molecular weight is 273 g/mol. The second-order valence-corrected chi connectivity index (χ2v) is 5.86. The number of rotatable bonds is 4. The summed E-state index contributed by atoms with van der Waals surface area (Å²) in [4.78, 5) is 24.6. The van der Waals surface area contributed by atoms with Crippen LogP contribution in [0.25, 0.3) is 0 Å². The molecule has 0 aromatic carbocycles. The van der Waals surface area contributed by atoms with Gasteiger partial charge in [0.25, 0.3) is 0 Å². The Hall–Kier alpha value is -1.30. The molecule has 110 valence electrons. The highest BCUT2D eigenvalue weighted by atomic mass is 16.6. The van der Waals surface area contributed by atoms with Crippen LogP contribution in [0.5, 0.6) is 0 Å². The first kappa shape index (κ1) is 15.8. The van der Waals surface area contributed by atoms with Crippen LogP contribution >= 0.6 is 0 Å². The van der Waals surface area contributed by atoms with Crippen LogP contribution in [0.4, 0.5) is 4.79 Å². The van der Waals surface area contributed by atoms with E-state index in [1.165, 1.54) is 11.9 Å². The number of likely N-dealkylation sites (N-methyl/N-ethyl adjacent to an activating group) is 1. The van der Waals surface area contributed by atoms with E-state index >= 15 is 0 Å². The van der Waals surface area contributed by atoms with E-state index in [-0.39, 0.29) is 6.10 Å². The molecule has 1 fully saturated rings. The molecule has 0 saturated heterocycles. The largest absolute Gasteiger partial charge is 0.479 e. The lowest BCUT2D eigenvalue weighted by Crippen LogP contribution is -2.65. The summed E-state index contributed by atoms with van der Waals surface area (Å²) in [6.45, 7) is 7.64. The van der Waals surface area contributed by atoms with Crippen molar-refractivity contribution >= 4 is 12.1 Å². The van der Waals surface area contributed by atoms with Gasteiger partial charge in [-0.2, -0.15) is 0 Å². The zero-order valence-electron chi connectivity index (χ0n) is 12.2. The molecule has 19 heavy (non-hydrogen) atoms. The van der Waals surface area contributed by atoms with Crippen LogP contribution in [0.1, 0.15) is 40.5 Å². The van der Waals surface area contributed by atoms with Gasteiger partial charge in [-0.25, -0.2) is 9.59 Å². The van der Waals surface area contributed by atoms with Crippen molar-refractivity contribution in [3.05, 3.63) is 0 Å². The Bertz CT molecular complexity index is 355. The van der Waals surface area contributed by atoms with Gasteiger partial charge in [-0.3, -0.25) is 4.90 Å². The number of hydrogen-bond acceptors (Lipinski definition) is 4. The van der Waals surface area contributed by atoms with Gasteiger partial charge in [0.2, 0.25) is 0 Å². The Morgan fingerprint density at radius 1 is 1.37 bits per heavy atom. The molecule has 0 bridgehead atoms. The van der Waals surface area contributed by atoms with E-state index in [4.69, 9.17) is 9.47 Å². The summed E-state index contributed by atoms with van der Waals surface area (Å²) in [5, 5.41) is 9.38. The quantitative estimate of drug-likeness (QED) is 0.846. The molecule has 0 atom stereocenters. The molecule has 1 aliphatic rings. The first-order valence-corrected chi connectivity index (χ1v) is 6.44. The molecule has 6 heteroatoms. The van der Waals surface area contributed by atoms with E-state index in [0.29, 0.717) is 19.4 Å². The number of hydrogen-bond donors (Lipinski definition) is 1. The number of aliphatic carboxylic acids is 1. The zero-order chi connectivity index (χ0) is 14.8. The van der Waals surface area contributed by atoms with Crippen molar-refractivity contribution in [1.82, 2.24) is 4.90 Å². The fraction of sp³-hybridized carbons (Fsp3) is 0.846. The minimum absolute atomic E-state index is 0.106. The summed E-state index contributed by atoms with van der Waals surface area (Å²) in [5.41, 5.74) is -1.85. The average Bonchev–Trinajstić information content (AvgIpc) is 2.18. The Morgan fingerprint density at radius 3 is 2.26 bits per heavy atom. The second-order valence-electron chi connectivity index (χ2n) is 5.86. The van der Waals surface area contributed by atoms with Crippen molar-refractivity contribution in [2.75, 3.05) is 13.7 Å². The predicted octanol–water partition coefficient (Wildman–Crippen LogP) is 1.88. The van der Waals surface area contributed by atoms with Crippen molar-refractivity contribution in [3.63, 3.8) is 0 Å². The first-order valence-electron chi connectivity index (χ1n) is 6.44. The molecule has 0 unspecified atom stereocenters. The fourth-order valence-electron chi connectivity index (χ4n) is 2.14. The highest BCUT2D eigenvalue weighted by molar-refractivity contribution is 5.85. The van der Waals surface area contributed by atoms with Gasteiger partial charge in [-0.15, -0.1) is 0 Å². The minimum Gasteiger partial charge on any atom is -0.479 e. The lowest BCUT2D eigenvalue weighted by atomic mass is 9.73. The van der Waals surface area contributed by atoms with Gasteiger partial charge in [0.1, 0.15) is 11.1 Å². The van der Waals surface area contributed by atoms with Crippen molar-refractivity contribution in [3.8, 4) is 0 Å². The second kappa shape index (κ2) is 5.36. The highest BCUT2D eigenvalue weighted by Gasteiger charge is 2.56. The van der Waals surface area contributed by atoms with E-state index in [1.54, 1.807) is 20.8 Å². The third-order valence-corrected chi connectivity index (χ3v) is 3.24. The maximum atomic E-state index is 12.0. The molecular formula is C13H23NO5. The smallest absolute Gasteiger partial charge is 0.410 e. The molecule has 6 nitrogen and oxygen atoms in total. The van der Waals surface area contributed by atoms with Crippen LogP contribution in [0, 0.1) is 0 Å². The highest BCUT2D eigenvalue weighted by Crippen LogP contribution is 2.40. The Kier molecular flexibility index (Phi) is 4.45. The number of carboxylic acid groups (broad SMARTS) is 1. The minimum atomic E-state index is -1.21. The fourth-order valence-corrected chi connectivity index (χ4v) is 2.14. The van der Waals surface area contributed by atoms with Crippen LogP contribution in [0.3, 0.4) is 0 Å². The summed E-state index contributed by atoms with van der Waals surface area (Å²) in [6, 6.07) is 0. The SMILES string of the molecule is CCOC1CC(C(=O)O)(N(C)C(=O)OC(C)(C)C)C1. The first-order chi connectivity index (χ1) is 8.62. The predicted molar refractivity (Wildman–Crippen MR) is 69.0 cm³/mol. The van der Waals surface area contributed by atoms with Crippen molar-refractivity contribution < 1.29 is 24.2 Å². The number of ether oxygens (including phenoxy) is 2. The van der Waals surface area contributed by atoms with Gasteiger partial charge >= 0.3 is 12.1 Å². The topological polar surface area (TPSA) is 76.1 Å². The van der Waals surface area contributed by atoms with E-state index in [9.17, 15) is 14.7 Å². The van der Waals surface area contributed by atoms with Crippen LogP contribution in [-0.4, -0.2) is 53.0 Å². The molecule has 1 saturated carbocycles. The Labute approximate surface area is 113 Å².